The number of amides is 1. The molecule has 1 aromatic carbocycles. The third-order valence-electron chi connectivity index (χ3n) is 3.61. The summed E-state index contributed by atoms with van der Waals surface area (Å²) in [5.74, 6) is -0.567. The summed E-state index contributed by atoms with van der Waals surface area (Å²) in [4.78, 5) is 28.0. The molecule has 7 nitrogen and oxygen atoms in total. The van der Waals surface area contributed by atoms with Crippen molar-refractivity contribution in [1.29, 1.82) is 0 Å². The van der Waals surface area contributed by atoms with Crippen molar-refractivity contribution in [3.8, 4) is 5.75 Å². The molecule has 0 aliphatic carbocycles. The van der Waals surface area contributed by atoms with Crippen LogP contribution in [0.4, 0.5) is 0 Å². The van der Waals surface area contributed by atoms with Gasteiger partial charge in [0.15, 0.2) is 0 Å². The lowest BCUT2D eigenvalue weighted by molar-refractivity contribution is 0.0693. The predicted octanol–water partition coefficient (Wildman–Crippen LogP) is 1.93. The van der Waals surface area contributed by atoms with Gasteiger partial charge >= 0.3 is 5.97 Å². The minimum atomic E-state index is -1.15. The molecule has 0 bridgehead atoms. The molecule has 0 spiro atoms. The van der Waals surface area contributed by atoms with Crippen molar-refractivity contribution in [3.05, 3.63) is 47.0 Å². The van der Waals surface area contributed by atoms with E-state index in [0.717, 1.165) is 0 Å². The molecule has 23 heavy (non-hydrogen) atoms. The number of imidazole rings is 1. The van der Waals surface area contributed by atoms with Gasteiger partial charge < -0.3 is 19.7 Å². The van der Waals surface area contributed by atoms with Gasteiger partial charge in [-0.25, -0.2) is 9.78 Å². The lowest BCUT2D eigenvalue weighted by Gasteiger charge is -2.16. The van der Waals surface area contributed by atoms with E-state index in [1.807, 2.05) is 18.5 Å². The summed E-state index contributed by atoms with van der Waals surface area (Å²) < 4.78 is 6.87. The topological polar surface area (TPSA) is 93.5 Å². The number of benzene rings is 1. The normalized spacial score (nSPS) is 11.8. The highest BCUT2D eigenvalue weighted by Crippen LogP contribution is 2.24. The van der Waals surface area contributed by atoms with E-state index in [2.05, 4.69) is 10.3 Å². The molecular weight excluding hydrogens is 298 g/mol. The Hall–Kier alpha value is -2.83. The lowest BCUT2D eigenvalue weighted by atomic mass is 10.0. The number of hydrogen-bond donors (Lipinski definition) is 2. The first kappa shape index (κ1) is 16.5. The molecule has 2 aromatic rings. The molecule has 0 aliphatic rings. The fourth-order valence-corrected chi connectivity index (χ4v) is 2.40. The Morgan fingerprint density at radius 2 is 2.04 bits per heavy atom. The van der Waals surface area contributed by atoms with Crippen molar-refractivity contribution in [3.63, 3.8) is 0 Å². The molecule has 2 N–H and O–H groups in total. The standard InChI is InChI=1S/C16H19N3O4/c1-9-7-13(23-4)12(16(21)22)8-11(9)15(20)18-10(2)14-17-5-6-19(14)3/h5-8,10H,1-4H3,(H,18,20)(H,21,22). The number of carboxylic acids is 1. The van der Waals surface area contributed by atoms with Crippen LogP contribution in [-0.2, 0) is 7.05 Å². The first-order chi connectivity index (χ1) is 10.8. The minimum Gasteiger partial charge on any atom is -0.496 e. The number of carbonyl (C=O) groups excluding carboxylic acids is 1. The zero-order chi connectivity index (χ0) is 17.1. The maximum atomic E-state index is 12.5. The molecule has 0 aliphatic heterocycles. The van der Waals surface area contributed by atoms with Gasteiger partial charge in [-0.3, -0.25) is 4.79 Å². The largest absolute Gasteiger partial charge is 0.496 e. The number of hydrogen-bond acceptors (Lipinski definition) is 4. The van der Waals surface area contributed by atoms with E-state index in [-0.39, 0.29) is 23.3 Å². The van der Waals surface area contributed by atoms with Gasteiger partial charge in [0.2, 0.25) is 0 Å². The zero-order valence-corrected chi connectivity index (χ0v) is 13.5. The van der Waals surface area contributed by atoms with E-state index < -0.39 is 5.97 Å². The highest BCUT2D eigenvalue weighted by molar-refractivity contribution is 6.00. The van der Waals surface area contributed by atoms with E-state index in [0.29, 0.717) is 17.0 Å². The van der Waals surface area contributed by atoms with Crippen LogP contribution in [0.5, 0.6) is 5.75 Å². The smallest absolute Gasteiger partial charge is 0.339 e. The van der Waals surface area contributed by atoms with Gasteiger partial charge in [-0.1, -0.05) is 0 Å². The number of ether oxygens (including phenoxy) is 1. The number of carboxylic acid groups (broad SMARTS) is 1. The Morgan fingerprint density at radius 3 is 2.57 bits per heavy atom. The van der Waals surface area contributed by atoms with Crippen LogP contribution in [-0.4, -0.2) is 33.6 Å². The number of aromatic carboxylic acids is 1. The van der Waals surface area contributed by atoms with E-state index in [4.69, 9.17) is 4.74 Å². The molecule has 1 aromatic heterocycles. The Balaban J connectivity index is 2.30. The highest BCUT2D eigenvalue weighted by Gasteiger charge is 2.20. The molecule has 1 heterocycles. The van der Waals surface area contributed by atoms with E-state index >= 15 is 0 Å². The number of nitrogens with zero attached hydrogens (tertiary/aromatic N) is 2. The highest BCUT2D eigenvalue weighted by atomic mass is 16.5. The number of rotatable bonds is 5. The Morgan fingerprint density at radius 1 is 1.35 bits per heavy atom. The van der Waals surface area contributed by atoms with Crippen LogP contribution in [0.2, 0.25) is 0 Å². The van der Waals surface area contributed by atoms with Crippen LogP contribution in [0.3, 0.4) is 0 Å². The van der Waals surface area contributed by atoms with Crippen molar-refractivity contribution >= 4 is 11.9 Å². The van der Waals surface area contributed by atoms with Crippen LogP contribution in [0, 0.1) is 6.92 Å². The van der Waals surface area contributed by atoms with Crippen molar-refractivity contribution in [2.75, 3.05) is 7.11 Å². The summed E-state index contributed by atoms with van der Waals surface area (Å²) in [5.41, 5.74) is 0.883. The van der Waals surface area contributed by atoms with E-state index in [1.54, 1.807) is 25.4 Å². The summed E-state index contributed by atoms with van der Waals surface area (Å²) in [7, 11) is 3.23. The summed E-state index contributed by atoms with van der Waals surface area (Å²) in [6.07, 6.45) is 3.44. The second kappa shape index (κ2) is 6.51. The Bertz CT molecular complexity index is 752. The number of aromatic nitrogens is 2. The zero-order valence-electron chi connectivity index (χ0n) is 13.5. The van der Waals surface area contributed by atoms with Crippen LogP contribution >= 0.6 is 0 Å². The Kier molecular flexibility index (Phi) is 4.68. The van der Waals surface area contributed by atoms with Crippen molar-refractivity contribution < 1.29 is 19.4 Å². The number of carbonyl (C=O) groups is 2. The molecule has 0 radical (unpaired) electrons. The van der Waals surface area contributed by atoms with E-state index in [9.17, 15) is 14.7 Å². The number of aryl methyl sites for hydroxylation is 2. The molecule has 7 heteroatoms. The third-order valence-corrected chi connectivity index (χ3v) is 3.61. The maximum Gasteiger partial charge on any atom is 0.339 e. The second-order valence-corrected chi connectivity index (χ2v) is 5.26. The van der Waals surface area contributed by atoms with Gasteiger partial charge in [0.1, 0.15) is 17.1 Å². The van der Waals surface area contributed by atoms with Crippen molar-refractivity contribution in [1.82, 2.24) is 14.9 Å². The van der Waals surface area contributed by atoms with Gasteiger partial charge in [-0.05, 0) is 31.5 Å². The fraction of sp³-hybridized carbons (Fsp3) is 0.312. The van der Waals surface area contributed by atoms with Gasteiger partial charge in [-0.2, -0.15) is 0 Å². The summed E-state index contributed by atoms with van der Waals surface area (Å²) >= 11 is 0. The second-order valence-electron chi connectivity index (χ2n) is 5.26. The average Bonchev–Trinajstić information content (AvgIpc) is 2.92. The molecule has 1 atom stereocenters. The van der Waals surface area contributed by atoms with Gasteiger partial charge in [0.25, 0.3) is 5.91 Å². The quantitative estimate of drug-likeness (QED) is 0.879. The predicted molar refractivity (Wildman–Crippen MR) is 83.8 cm³/mol. The summed E-state index contributed by atoms with van der Waals surface area (Å²) in [6.45, 7) is 3.55. The maximum absolute atomic E-state index is 12.5. The van der Waals surface area contributed by atoms with Gasteiger partial charge in [0.05, 0.1) is 13.2 Å². The van der Waals surface area contributed by atoms with E-state index in [1.165, 1.54) is 13.2 Å². The van der Waals surface area contributed by atoms with Crippen LogP contribution < -0.4 is 10.1 Å². The third kappa shape index (κ3) is 3.33. The van der Waals surface area contributed by atoms with Gasteiger partial charge in [-0.15, -0.1) is 0 Å². The molecule has 0 saturated heterocycles. The Labute approximate surface area is 133 Å². The molecule has 0 saturated carbocycles. The monoisotopic (exact) mass is 317 g/mol. The van der Waals surface area contributed by atoms with Crippen LogP contribution in [0.15, 0.2) is 24.5 Å². The first-order valence-corrected chi connectivity index (χ1v) is 7.05. The molecule has 0 fully saturated rings. The van der Waals surface area contributed by atoms with Crippen LogP contribution in [0.25, 0.3) is 0 Å². The number of methoxy groups -OCH3 is 1. The van der Waals surface area contributed by atoms with Gasteiger partial charge in [0, 0.05) is 25.0 Å². The number of nitrogens with one attached hydrogen (secondary N) is 1. The lowest BCUT2D eigenvalue weighted by Crippen LogP contribution is -2.29. The SMILES string of the molecule is COc1cc(C)c(C(=O)NC(C)c2nccn2C)cc1C(=O)O. The van der Waals surface area contributed by atoms with Crippen molar-refractivity contribution in [2.45, 2.75) is 19.9 Å². The summed E-state index contributed by atoms with van der Waals surface area (Å²) in [6, 6.07) is 2.57. The molecule has 1 unspecified atom stereocenters. The molecule has 1 amide bonds. The average molecular weight is 317 g/mol. The molecule has 122 valence electrons. The molecular formula is C16H19N3O4. The summed E-state index contributed by atoms with van der Waals surface area (Å²) in [5, 5.41) is 12.1. The molecule has 2 rings (SSSR count). The van der Waals surface area contributed by atoms with Crippen molar-refractivity contribution in [2.24, 2.45) is 7.05 Å². The van der Waals surface area contributed by atoms with Crippen LogP contribution in [0.1, 0.15) is 45.1 Å². The minimum absolute atomic E-state index is 0.0482. The fourth-order valence-electron chi connectivity index (χ4n) is 2.40. The first-order valence-electron chi connectivity index (χ1n) is 7.05.